The van der Waals surface area contributed by atoms with E-state index in [0.29, 0.717) is 0 Å². The molecule has 74 valence electrons. The number of hydrogen-bond donors (Lipinski definition) is 0. The van der Waals surface area contributed by atoms with Crippen molar-refractivity contribution in [2.24, 2.45) is 0 Å². The average molecular weight is 196 g/mol. The van der Waals surface area contributed by atoms with Crippen molar-refractivity contribution in [2.45, 2.75) is 6.92 Å². The summed E-state index contributed by atoms with van der Waals surface area (Å²) in [5, 5.41) is 0. The molecule has 2 aromatic rings. The van der Waals surface area contributed by atoms with Crippen LogP contribution in [0.5, 0.6) is 0 Å². The second-order valence-electron chi connectivity index (χ2n) is 3.25. The quantitative estimate of drug-likeness (QED) is 0.737. The van der Waals surface area contributed by atoms with Gasteiger partial charge < -0.3 is 0 Å². The molecule has 0 aliphatic carbocycles. The first-order valence-electron chi connectivity index (χ1n) is 4.88. The first-order valence-corrected chi connectivity index (χ1v) is 4.88. The van der Waals surface area contributed by atoms with Crippen LogP contribution in [0.15, 0.2) is 49.1 Å². The minimum atomic E-state index is 1.05. The molecule has 0 bridgehead atoms. The fraction of sp³-hybridized carbons (Fsp3) is 0.0769. The van der Waals surface area contributed by atoms with Gasteiger partial charge in [0, 0.05) is 18.0 Å². The lowest BCUT2D eigenvalue weighted by molar-refractivity contribution is 1.17. The van der Waals surface area contributed by atoms with Crippen LogP contribution in [0.4, 0.5) is 0 Å². The van der Waals surface area contributed by atoms with Gasteiger partial charge in [-0.2, -0.15) is 0 Å². The van der Waals surface area contributed by atoms with E-state index in [1.165, 1.54) is 11.9 Å². The zero-order valence-corrected chi connectivity index (χ0v) is 8.59. The molecule has 15 heavy (non-hydrogen) atoms. The Hall–Kier alpha value is -1.96. The molecule has 1 aromatic heterocycles. The van der Waals surface area contributed by atoms with Gasteiger partial charge >= 0.3 is 0 Å². The van der Waals surface area contributed by atoms with Crippen molar-refractivity contribution in [3.05, 3.63) is 54.6 Å². The highest BCUT2D eigenvalue weighted by molar-refractivity contribution is 5.63. The van der Waals surface area contributed by atoms with Crippen LogP contribution in [0.3, 0.4) is 0 Å². The minimum Gasteiger partial charge on any atom is -0.244 e. The summed E-state index contributed by atoms with van der Waals surface area (Å²) in [5.74, 6) is 0. The lowest BCUT2D eigenvalue weighted by atomic mass is 10.1. The predicted octanol–water partition coefficient (Wildman–Crippen LogP) is 3.18. The van der Waals surface area contributed by atoms with Crippen molar-refractivity contribution in [1.29, 1.82) is 0 Å². The van der Waals surface area contributed by atoms with Crippen LogP contribution in [0.25, 0.3) is 17.2 Å². The van der Waals surface area contributed by atoms with Gasteiger partial charge in [-0.15, -0.1) is 0 Å². The average Bonchev–Trinajstić information content (AvgIpc) is 2.32. The van der Waals surface area contributed by atoms with E-state index >= 15 is 0 Å². The van der Waals surface area contributed by atoms with Crippen molar-refractivity contribution in [1.82, 2.24) is 9.97 Å². The molecule has 2 nitrogen and oxygen atoms in total. The monoisotopic (exact) mass is 196 g/mol. The molecule has 0 spiro atoms. The van der Waals surface area contributed by atoms with Gasteiger partial charge in [0.15, 0.2) is 0 Å². The molecule has 0 radical (unpaired) electrons. The van der Waals surface area contributed by atoms with Crippen molar-refractivity contribution < 1.29 is 0 Å². The maximum absolute atomic E-state index is 3.99. The summed E-state index contributed by atoms with van der Waals surface area (Å²) in [4.78, 5) is 7.99. The van der Waals surface area contributed by atoms with Gasteiger partial charge in [-0.1, -0.05) is 36.4 Å². The Morgan fingerprint density at radius 2 is 1.60 bits per heavy atom. The van der Waals surface area contributed by atoms with Crippen LogP contribution in [0.2, 0.25) is 0 Å². The van der Waals surface area contributed by atoms with Crippen LogP contribution in [0.1, 0.15) is 12.5 Å². The maximum atomic E-state index is 3.99. The van der Waals surface area contributed by atoms with Crippen molar-refractivity contribution in [3.63, 3.8) is 0 Å². The SMILES string of the molecule is C/C=C/c1ccc(-c2cncnc2)cc1. The molecular formula is C13H12N2. The summed E-state index contributed by atoms with van der Waals surface area (Å²) in [6.07, 6.45) is 9.28. The molecule has 0 atom stereocenters. The van der Waals surface area contributed by atoms with Crippen LogP contribution < -0.4 is 0 Å². The van der Waals surface area contributed by atoms with Gasteiger partial charge in [0.05, 0.1) is 0 Å². The van der Waals surface area contributed by atoms with Crippen LogP contribution in [0, 0.1) is 0 Å². The number of allylic oxidation sites excluding steroid dienone is 1. The smallest absolute Gasteiger partial charge is 0.115 e. The van der Waals surface area contributed by atoms with Crippen molar-refractivity contribution >= 4 is 6.08 Å². The molecule has 0 unspecified atom stereocenters. The van der Waals surface area contributed by atoms with Gasteiger partial charge in [0.25, 0.3) is 0 Å². The van der Waals surface area contributed by atoms with E-state index in [-0.39, 0.29) is 0 Å². The molecule has 0 N–H and O–H groups in total. The molecule has 0 amide bonds. The Balaban J connectivity index is 2.32. The van der Waals surface area contributed by atoms with Crippen molar-refractivity contribution in [2.75, 3.05) is 0 Å². The fourth-order valence-corrected chi connectivity index (χ4v) is 1.43. The number of nitrogens with zero attached hydrogens (tertiary/aromatic N) is 2. The minimum absolute atomic E-state index is 1.05. The van der Waals surface area contributed by atoms with E-state index in [4.69, 9.17) is 0 Å². The first-order chi connectivity index (χ1) is 7.40. The summed E-state index contributed by atoms with van der Waals surface area (Å²) >= 11 is 0. The Kier molecular flexibility index (Phi) is 2.88. The van der Waals surface area contributed by atoms with Gasteiger partial charge in [0.2, 0.25) is 0 Å². The largest absolute Gasteiger partial charge is 0.244 e. The predicted molar refractivity (Wildman–Crippen MR) is 62.2 cm³/mol. The molecule has 0 aliphatic heterocycles. The first kappa shape index (κ1) is 9.59. The second kappa shape index (κ2) is 4.51. The molecule has 0 fully saturated rings. The second-order valence-corrected chi connectivity index (χ2v) is 3.25. The summed E-state index contributed by atoms with van der Waals surface area (Å²) in [7, 11) is 0. The lowest BCUT2D eigenvalue weighted by Gasteiger charge is -2.00. The Labute approximate surface area is 89.3 Å². The molecule has 2 heteroatoms. The summed E-state index contributed by atoms with van der Waals surface area (Å²) in [6, 6.07) is 8.33. The zero-order chi connectivity index (χ0) is 10.5. The van der Waals surface area contributed by atoms with Gasteiger partial charge in [-0.05, 0) is 18.1 Å². The number of aromatic nitrogens is 2. The van der Waals surface area contributed by atoms with E-state index < -0.39 is 0 Å². The normalized spacial score (nSPS) is 10.7. The summed E-state index contributed by atoms with van der Waals surface area (Å²) in [6.45, 7) is 2.01. The van der Waals surface area contributed by atoms with Crippen LogP contribution in [-0.4, -0.2) is 9.97 Å². The highest BCUT2D eigenvalue weighted by atomic mass is 14.8. The van der Waals surface area contributed by atoms with Gasteiger partial charge in [0.1, 0.15) is 6.33 Å². The van der Waals surface area contributed by atoms with E-state index in [2.05, 4.69) is 40.3 Å². The van der Waals surface area contributed by atoms with Crippen LogP contribution >= 0.6 is 0 Å². The standard InChI is InChI=1S/C13H12N2/c1-2-3-11-4-6-12(7-5-11)13-8-14-10-15-9-13/h2-10H,1H3/b3-2+. The third-order valence-corrected chi connectivity index (χ3v) is 2.16. The van der Waals surface area contributed by atoms with E-state index in [0.717, 1.165) is 11.1 Å². The molecule has 0 saturated carbocycles. The summed E-state index contributed by atoms with van der Waals surface area (Å²) < 4.78 is 0. The van der Waals surface area contributed by atoms with E-state index in [1.807, 2.05) is 25.4 Å². The summed E-state index contributed by atoms with van der Waals surface area (Å²) in [5.41, 5.74) is 3.39. The molecule has 1 aromatic carbocycles. The number of rotatable bonds is 2. The topological polar surface area (TPSA) is 25.8 Å². The van der Waals surface area contributed by atoms with E-state index in [9.17, 15) is 0 Å². The Morgan fingerprint density at radius 1 is 0.933 bits per heavy atom. The fourth-order valence-electron chi connectivity index (χ4n) is 1.43. The third kappa shape index (κ3) is 2.29. The molecular weight excluding hydrogens is 184 g/mol. The zero-order valence-electron chi connectivity index (χ0n) is 8.59. The molecule has 0 aliphatic rings. The van der Waals surface area contributed by atoms with E-state index in [1.54, 1.807) is 0 Å². The highest BCUT2D eigenvalue weighted by Gasteiger charge is 1.96. The lowest BCUT2D eigenvalue weighted by Crippen LogP contribution is -1.81. The maximum Gasteiger partial charge on any atom is 0.115 e. The van der Waals surface area contributed by atoms with Gasteiger partial charge in [-0.3, -0.25) is 0 Å². The Morgan fingerprint density at radius 3 is 2.20 bits per heavy atom. The number of hydrogen-bond acceptors (Lipinski definition) is 2. The Bertz CT molecular complexity index is 444. The molecule has 0 saturated heterocycles. The van der Waals surface area contributed by atoms with Crippen LogP contribution in [-0.2, 0) is 0 Å². The molecule has 1 heterocycles. The van der Waals surface area contributed by atoms with Crippen molar-refractivity contribution in [3.8, 4) is 11.1 Å². The molecule has 2 rings (SSSR count). The van der Waals surface area contributed by atoms with Gasteiger partial charge in [-0.25, -0.2) is 9.97 Å². The number of benzene rings is 1. The third-order valence-electron chi connectivity index (χ3n) is 2.16. The highest BCUT2D eigenvalue weighted by Crippen LogP contribution is 2.17.